The summed E-state index contributed by atoms with van der Waals surface area (Å²) in [6.07, 6.45) is -0.387. The molecule has 6 heteroatoms. The molecular formula is C11H22F2N2O2. The molecule has 1 aliphatic rings. The van der Waals surface area contributed by atoms with Crippen LogP contribution in [-0.4, -0.2) is 68.5 Å². The Kier molecular flexibility index (Phi) is 7.59. The molecule has 1 heterocycles. The molecule has 0 amide bonds. The number of nitrogens with one attached hydrogen (secondary N) is 1. The van der Waals surface area contributed by atoms with Crippen LogP contribution in [0.2, 0.25) is 0 Å². The highest BCUT2D eigenvalue weighted by Gasteiger charge is 2.15. The van der Waals surface area contributed by atoms with Gasteiger partial charge in [0.25, 0.3) is 6.43 Å². The van der Waals surface area contributed by atoms with Crippen molar-refractivity contribution in [2.24, 2.45) is 0 Å². The summed E-state index contributed by atoms with van der Waals surface area (Å²) in [6.45, 7) is 3.52. The van der Waals surface area contributed by atoms with Crippen LogP contribution in [-0.2, 0) is 4.74 Å². The summed E-state index contributed by atoms with van der Waals surface area (Å²) in [7, 11) is 0. The van der Waals surface area contributed by atoms with Gasteiger partial charge in [0.2, 0.25) is 0 Å². The summed E-state index contributed by atoms with van der Waals surface area (Å²) in [5.41, 5.74) is 0. The summed E-state index contributed by atoms with van der Waals surface area (Å²) in [4.78, 5) is 2.24. The standard InChI is InChI=1S/C11H22F2N2O2/c12-11(13)9-17-6-3-14-7-10(16)8-15-4-1-2-5-15/h10-11,14,16H,1-9H2. The van der Waals surface area contributed by atoms with Crippen molar-refractivity contribution in [1.29, 1.82) is 0 Å². The van der Waals surface area contributed by atoms with Crippen molar-refractivity contribution in [3.8, 4) is 0 Å². The number of aliphatic hydroxyl groups is 1. The Morgan fingerprint density at radius 2 is 2.00 bits per heavy atom. The van der Waals surface area contributed by atoms with Crippen LogP contribution in [0, 0.1) is 0 Å². The molecule has 0 bridgehead atoms. The van der Waals surface area contributed by atoms with Gasteiger partial charge in [-0.05, 0) is 25.9 Å². The minimum absolute atomic E-state index is 0.251. The lowest BCUT2D eigenvalue weighted by Crippen LogP contribution is -2.38. The highest BCUT2D eigenvalue weighted by molar-refractivity contribution is 4.71. The van der Waals surface area contributed by atoms with Crippen molar-refractivity contribution in [1.82, 2.24) is 10.2 Å². The van der Waals surface area contributed by atoms with Crippen molar-refractivity contribution < 1.29 is 18.6 Å². The molecule has 0 aromatic carbocycles. The maximum atomic E-state index is 11.7. The summed E-state index contributed by atoms with van der Waals surface area (Å²) < 4.78 is 28.1. The van der Waals surface area contributed by atoms with Crippen molar-refractivity contribution in [2.75, 3.05) is 45.9 Å². The van der Waals surface area contributed by atoms with Gasteiger partial charge >= 0.3 is 0 Å². The van der Waals surface area contributed by atoms with E-state index in [4.69, 9.17) is 4.74 Å². The van der Waals surface area contributed by atoms with E-state index in [9.17, 15) is 13.9 Å². The summed E-state index contributed by atoms with van der Waals surface area (Å²) in [5, 5.41) is 12.7. The van der Waals surface area contributed by atoms with E-state index in [2.05, 4.69) is 10.2 Å². The SMILES string of the molecule is OC(CNCCOCC(F)F)CN1CCCC1. The highest BCUT2D eigenvalue weighted by atomic mass is 19.3. The van der Waals surface area contributed by atoms with E-state index >= 15 is 0 Å². The smallest absolute Gasteiger partial charge is 0.261 e. The van der Waals surface area contributed by atoms with E-state index in [0.717, 1.165) is 13.1 Å². The Morgan fingerprint density at radius 3 is 2.65 bits per heavy atom. The first-order valence-electron chi connectivity index (χ1n) is 6.15. The molecule has 0 aromatic heterocycles. The van der Waals surface area contributed by atoms with E-state index in [0.29, 0.717) is 19.6 Å². The van der Waals surface area contributed by atoms with Crippen molar-refractivity contribution in [3.63, 3.8) is 0 Å². The lowest BCUT2D eigenvalue weighted by molar-refractivity contribution is 0.0178. The zero-order valence-corrected chi connectivity index (χ0v) is 10.1. The summed E-state index contributed by atoms with van der Waals surface area (Å²) in [5.74, 6) is 0. The third-order valence-electron chi connectivity index (χ3n) is 2.71. The molecule has 0 saturated carbocycles. The van der Waals surface area contributed by atoms with Gasteiger partial charge in [0.1, 0.15) is 6.61 Å². The van der Waals surface area contributed by atoms with E-state index in [1.807, 2.05) is 0 Å². The fourth-order valence-corrected chi connectivity index (χ4v) is 1.91. The molecule has 1 unspecified atom stereocenters. The topological polar surface area (TPSA) is 44.7 Å². The molecule has 1 atom stereocenters. The molecule has 2 N–H and O–H groups in total. The normalized spacial score (nSPS) is 19.1. The Morgan fingerprint density at radius 1 is 1.29 bits per heavy atom. The van der Waals surface area contributed by atoms with Gasteiger partial charge in [0.05, 0.1) is 12.7 Å². The minimum atomic E-state index is -2.41. The van der Waals surface area contributed by atoms with Crippen molar-refractivity contribution in [2.45, 2.75) is 25.4 Å². The molecule has 0 aliphatic carbocycles. The second-order valence-corrected chi connectivity index (χ2v) is 4.33. The van der Waals surface area contributed by atoms with Crippen molar-refractivity contribution in [3.05, 3.63) is 0 Å². The van der Waals surface area contributed by atoms with Crippen LogP contribution in [0.15, 0.2) is 0 Å². The molecule has 0 spiro atoms. The van der Waals surface area contributed by atoms with Gasteiger partial charge in [-0.2, -0.15) is 0 Å². The molecule has 0 aromatic rings. The zero-order chi connectivity index (χ0) is 12.5. The largest absolute Gasteiger partial charge is 0.390 e. The first kappa shape index (κ1) is 14.8. The molecular weight excluding hydrogens is 230 g/mol. The molecule has 1 rings (SSSR count). The van der Waals surface area contributed by atoms with Gasteiger partial charge in [0.15, 0.2) is 0 Å². The van der Waals surface area contributed by atoms with E-state index in [-0.39, 0.29) is 6.61 Å². The van der Waals surface area contributed by atoms with E-state index < -0.39 is 19.1 Å². The number of nitrogens with zero attached hydrogens (tertiary/aromatic N) is 1. The Hall–Kier alpha value is -0.300. The average Bonchev–Trinajstić information content (AvgIpc) is 2.75. The van der Waals surface area contributed by atoms with E-state index in [1.165, 1.54) is 12.8 Å². The van der Waals surface area contributed by atoms with Gasteiger partial charge in [0, 0.05) is 19.6 Å². The van der Waals surface area contributed by atoms with Gasteiger partial charge < -0.3 is 20.1 Å². The van der Waals surface area contributed by atoms with Crippen molar-refractivity contribution >= 4 is 0 Å². The number of halogens is 2. The maximum Gasteiger partial charge on any atom is 0.261 e. The number of likely N-dealkylation sites (tertiary alicyclic amines) is 1. The van der Waals surface area contributed by atoms with Crippen LogP contribution in [0.3, 0.4) is 0 Å². The Labute approximate surface area is 101 Å². The number of β-amino-alcohol motifs (C(OH)–C–C–N with tert-alkyl or cyclic N) is 1. The van der Waals surface area contributed by atoms with Gasteiger partial charge in [-0.15, -0.1) is 0 Å². The first-order chi connectivity index (χ1) is 8.18. The fourth-order valence-electron chi connectivity index (χ4n) is 1.91. The Balaban J connectivity index is 1.87. The molecule has 4 nitrogen and oxygen atoms in total. The predicted octanol–water partition coefficient (Wildman–Crippen LogP) is 0.314. The van der Waals surface area contributed by atoms with Crippen LogP contribution >= 0.6 is 0 Å². The summed E-state index contributed by atoms with van der Waals surface area (Å²) >= 11 is 0. The monoisotopic (exact) mass is 252 g/mol. The Bertz CT molecular complexity index is 190. The number of hydrogen-bond acceptors (Lipinski definition) is 4. The van der Waals surface area contributed by atoms with Crippen LogP contribution in [0.5, 0.6) is 0 Å². The fraction of sp³-hybridized carbons (Fsp3) is 1.00. The first-order valence-corrected chi connectivity index (χ1v) is 6.15. The van der Waals surface area contributed by atoms with Crippen LogP contribution in [0.1, 0.15) is 12.8 Å². The molecule has 0 radical (unpaired) electrons. The van der Waals surface area contributed by atoms with Crippen LogP contribution in [0.4, 0.5) is 8.78 Å². The van der Waals surface area contributed by atoms with Gasteiger partial charge in [-0.3, -0.25) is 0 Å². The maximum absolute atomic E-state index is 11.7. The van der Waals surface area contributed by atoms with Gasteiger partial charge in [-0.1, -0.05) is 0 Å². The third kappa shape index (κ3) is 7.59. The highest BCUT2D eigenvalue weighted by Crippen LogP contribution is 2.07. The number of ether oxygens (including phenoxy) is 1. The zero-order valence-electron chi connectivity index (χ0n) is 10.1. The number of alkyl halides is 2. The number of aliphatic hydroxyl groups excluding tert-OH is 1. The molecule has 1 fully saturated rings. The quantitative estimate of drug-likeness (QED) is 0.580. The van der Waals surface area contributed by atoms with Gasteiger partial charge in [-0.25, -0.2) is 8.78 Å². The minimum Gasteiger partial charge on any atom is -0.390 e. The molecule has 1 saturated heterocycles. The van der Waals surface area contributed by atoms with Crippen LogP contribution < -0.4 is 5.32 Å². The number of rotatable bonds is 9. The number of hydrogen-bond donors (Lipinski definition) is 2. The van der Waals surface area contributed by atoms with E-state index in [1.54, 1.807) is 0 Å². The second-order valence-electron chi connectivity index (χ2n) is 4.33. The predicted molar refractivity (Wildman–Crippen MR) is 61.4 cm³/mol. The second kappa shape index (κ2) is 8.74. The molecule has 102 valence electrons. The molecule has 1 aliphatic heterocycles. The lowest BCUT2D eigenvalue weighted by Gasteiger charge is -2.19. The third-order valence-corrected chi connectivity index (χ3v) is 2.71. The average molecular weight is 252 g/mol. The lowest BCUT2D eigenvalue weighted by atomic mass is 10.3. The van der Waals surface area contributed by atoms with Crippen LogP contribution in [0.25, 0.3) is 0 Å². The summed E-state index contributed by atoms with van der Waals surface area (Å²) in [6, 6.07) is 0. The molecule has 17 heavy (non-hydrogen) atoms.